The predicted octanol–water partition coefficient (Wildman–Crippen LogP) is 1.74. The van der Waals surface area contributed by atoms with Crippen molar-refractivity contribution in [3.05, 3.63) is 46.7 Å². The molecule has 27 heavy (non-hydrogen) atoms. The first-order valence-electron chi connectivity index (χ1n) is 9.26. The van der Waals surface area contributed by atoms with Crippen LogP contribution < -0.4 is 5.32 Å². The van der Waals surface area contributed by atoms with Gasteiger partial charge in [-0.25, -0.2) is 9.59 Å². The maximum atomic E-state index is 13.2. The Balaban J connectivity index is 1.90. The third kappa shape index (κ3) is 2.52. The summed E-state index contributed by atoms with van der Waals surface area (Å²) in [4.78, 5) is 41.3. The topological polar surface area (TPSA) is 79.0 Å². The molecule has 3 heterocycles. The Labute approximate surface area is 158 Å². The van der Waals surface area contributed by atoms with Gasteiger partial charge < -0.3 is 15.0 Å². The minimum atomic E-state index is -0.579. The van der Waals surface area contributed by atoms with Gasteiger partial charge in [0.1, 0.15) is 12.8 Å². The summed E-state index contributed by atoms with van der Waals surface area (Å²) in [6.45, 7) is 4.65. The summed E-state index contributed by atoms with van der Waals surface area (Å²) in [5.41, 5.74) is 3.12. The lowest BCUT2D eigenvalue weighted by Gasteiger charge is -2.49. The van der Waals surface area contributed by atoms with Crippen molar-refractivity contribution >= 4 is 17.9 Å². The Bertz CT molecular complexity index is 863. The van der Waals surface area contributed by atoms with E-state index in [-0.39, 0.29) is 18.5 Å². The molecule has 0 saturated carbocycles. The molecule has 0 spiro atoms. The van der Waals surface area contributed by atoms with Crippen molar-refractivity contribution in [3.63, 3.8) is 0 Å². The molecule has 7 nitrogen and oxygen atoms in total. The largest absolute Gasteiger partial charge is 0.456 e. The molecular weight excluding hydrogens is 346 g/mol. The van der Waals surface area contributed by atoms with E-state index in [0.29, 0.717) is 17.8 Å². The van der Waals surface area contributed by atoms with E-state index in [4.69, 9.17) is 4.74 Å². The number of aryl methyl sites for hydroxylation is 1. The maximum Gasteiger partial charge on any atom is 0.336 e. The van der Waals surface area contributed by atoms with Gasteiger partial charge in [0.15, 0.2) is 0 Å². The van der Waals surface area contributed by atoms with Crippen LogP contribution in [0.1, 0.15) is 30.4 Å². The van der Waals surface area contributed by atoms with E-state index in [1.807, 2.05) is 38.1 Å². The molecule has 0 bridgehead atoms. The Morgan fingerprint density at radius 1 is 1.22 bits per heavy atom. The minimum absolute atomic E-state index is 0.151. The van der Waals surface area contributed by atoms with Crippen LogP contribution in [-0.2, 0) is 14.3 Å². The van der Waals surface area contributed by atoms with Gasteiger partial charge in [0.05, 0.1) is 17.2 Å². The van der Waals surface area contributed by atoms with E-state index in [1.54, 1.807) is 4.90 Å². The van der Waals surface area contributed by atoms with Crippen LogP contribution in [0, 0.1) is 12.8 Å². The number of benzene rings is 1. The summed E-state index contributed by atoms with van der Waals surface area (Å²) in [6.07, 6.45) is 0.286. The SMILES string of the molecule is CCCN1C(=O)N(C)C(=O)C2C(c3ccccc3C)C3=C(COC3=O)NC21. The summed E-state index contributed by atoms with van der Waals surface area (Å²) < 4.78 is 5.28. The van der Waals surface area contributed by atoms with Gasteiger partial charge >= 0.3 is 12.0 Å². The molecular formula is C20H23N3O4. The highest BCUT2D eigenvalue weighted by molar-refractivity contribution is 6.02. The van der Waals surface area contributed by atoms with Crippen LogP contribution in [0.5, 0.6) is 0 Å². The lowest BCUT2D eigenvalue weighted by molar-refractivity contribution is -0.140. The zero-order valence-electron chi connectivity index (χ0n) is 15.7. The van der Waals surface area contributed by atoms with Crippen molar-refractivity contribution in [2.24, 2.45) is 5.92 Å². The Morgan fingerprint density at radius 2 is 1.96 bits per heavy atom. The molecule has 3 amide bonds. The number of amides is 3. The maximum absolute atomic E-state index is 13.2. The standard InChI is InChI=1S/C20H23N3O4/c1-4-9-23-17-16(18(24)22(3)20(23)26)14(12-8-6-5-7-11(12)2)15-13(21-17)10-27-19(15)25/h5-8,14,16-17,21H,4,9-10H2,1-3H3. The monoisotopic (exact) mass is 369 g/mol. The quantitative estimate of drug-likeness (QED) is 0.821. The molecule has 4 rings (SSSR count). The van der Waals surface area contributed by atoms with Gasteiger partial charge in [-0.3, -0.25) is 9.69 Å². The summed E-state index contributed by atoms with van der Waals surface area (Å²) in [5, 5.41) is 3.27. The molecule has 1 saturated heterocycles. The van der Waals surface area contributed by atoms with E-state index >= 15 is 0 Å². The Morgan fingerprint density at radius 3 is 2.67 bits per heavy atom. The van der Waals surface area contributed by atoms with Crippen LogP contribution >= 0.6 is 0 Å². The number of hydrogen-bond acceptors (Lipinski definition) is 5. The lowest BCUT2D eigenvalue weighted by Crippen LogP contribution is -2.67. The molecule has 0 aromatic heterocycles. The number of cyclic esters (lactones) is 1. The average molecular weight is 369 g/mol. The van der Waals surface area contributed by atoms with Crippen molar-refractivity contribution in [1.29, 1.82) is 0 Å². The minimum Gasteiger partial charge on any atom is -0.456 e. The second-order valence-corrected chi connectivity index (χ2v) is 7.29. The van der Waals surface area contributed by atoms with Crippen LogP contribution in [-0.4, -0.2) is 54.1 Å². The molecule has 1 aromatic carbocycles. The van der Waals surface area contributed by atoms with Crippen LogP contribution in [0.2, 0.25) is 0 Å². The number of rotatable bonds is 3. The van der Waals surface area contributed by atoms with E-state index in [0.717, 1.165) is 17.5 Å². The highest BCUT2D eigenvalue weighted by Gasteiger charge is 2.55. The fraction of sp³-hybridized carbons (Fsp3) is 0.450. The highest BCUT2D eigenvalue weighted by Crippen LogP contribution is 2.45. The molecule has 0 aliphatic carbocycles. The number of fused-ring (bicyclic) bond motifs is 1. The Kier molecular flexibility index (Phi) is 4.17. The van der Waals surface area contributed by atoms with Gasteiger partial charge in [-0.1, -0.05) is 31.2 Å². The number of carbonyl (C=O) groups excluding carboxylic acids is 3. The van der Waals surface area contributed by atoms with E-state index in [9.17, 15) is 14.4 Å². The molecule has 7 heteroatoms. The first-order chi connectivity index (χ1) is 13.0. The first kappa shape index (κ1) is 17.6. The second-order valence-electron chi connectivity index (χ2n) is 7.29. The van der Waals surface area contributed by atoms with Gasteiger partial charge in [-0.15, -0.1) is 0 Å². The van der Waals surface area contributed by atoms with Crippen LogP contribution in [0.15, 0.2) is 35.5 Å². The molecule has 1 fully saturated rings. The van der Waals surface area contributed by atoms with E-state index < -0.39 is 24.0 Å². The summed E-state index contributed by atoms with van der Waals surface area (Å²) in [6, 6.07) is 7.45. The van der Waals surface area contributed by atoms with E-state index in [1.165, 1.54) is 11.9 Å². The van der Waals surface area contributed by atoms with Crippen molar-refractivity contribution in [2.75, 3.05) is 20.2 Å². The smallest absolute Gasteiger partial charge is 0.336 e. The Hall–Kier alpha value is -2.83. The lowest BCUT2D eigenvalue weighted by atomic mass is 9.73. The van der Waals surface area contributed by atoms with Crippen molar-refractivity contribution < 1.29 is 19.1 Å². The summed E-state index contributed by atoms with van der Waals surface area (Å²) >= 11 is 0. The van der Waals surface area contributed by atoms with Crippen LogP contribution in [0.25, 0.3) is 0 Å². The third-order valence-corrected chi connectivity index (χ3v) is 5.70. The first-order valence-corrected chi connectivity index (χ1v) is 9.26. The number of carbonyl (C=O) groups is 3. The van der Waals surface area contributed by atoms with Crippen molar-refractivity contribution in [1.82, 2.24) is 15.1 Å². The number of imide groups is 1. The average Bonchev–Trinajstić information content (AvgIpc) is 3.03. The van der Waals surface area contributed by atoms with Crippen LogP contribution in [0.3, 0.4) is 0 Å². The highest BCUT2D eigenvalue weighted by atomic mass is 16.5. The zero-order chi connectivity index (χ0) is 19.3. The molecule has 142 valence electrons. The molecule has 3 aliphatic heterocycles. The van der Waals surface area contributed by atoms with Gasteiger partial charge in [-0.2, -0.15) is 0 Å². The number of esters is 1. The molecule has 3 atom stereocenters. The number of nitrogens with zero attached hydrogens (tertiary/aromatic N) is 2. The predicted molar refractivity (Wildman–Crippen MR) is 97.5 cm³/mol. The van der Waals surface area contributed by atoms with Gasteiger partial charge in [0.25, 0.3) is 0 Å². The fourth-order valence-electron chi connectivity index (χ4n) is 4.42. The van der Waals surface area contributed by atoms with Gasteiger partial charge in [-0.05, 0) is 24.5 Å². The van der Waals surface area contributed by atoms with Gasteiger partial charge in [0.2, 0.25) is 5.91 Å². The summed E-state index contributed by atoms with van der Waals surface area (Å²) in [5.74, 6) is -1.68. The van der Waals surface area contributed by atoms with Crippen molar-refractivity contribution in [2.45, 2.75) is 32.4 Å². The van der Waals surface area contributed by atoms with Gasteiger partial charge in [0, 0.05) is 19.5 Å². The number of hydrogen-bond donors (Lipinski definition) is 1. The molecule has 1 N–H and O–H groups in total. The normalized spacial score (nSPS) is 27.4. The number of ether oxygens (including phenoxy) is 1. The number of urea groups is 1. The molecule has 3 unspecified atom stereocenters. The van der Waals surface area contributed by atoms with Crippen molar-refractivity contribution in [3.8, 4) is 0 Å². The van der Waals surface area contributed by atoms with Crippen LogP contribution in [0.4, 0.5) is 4.79 Å². The number of nitrogens with one attached hydrogen (secondary N) is 1. The third-order valence-electron chi connectivity index (χ3n) is 5.70. The zero-order valence-corrected chi connectivity index (χ0v) is 15.7. The molecule has 1 aromatic rings. The van der Waals surface area contributed by atoms with E-state index in [2.05, 4.69) is 5.32 Å². The molecule has 3 aliphatic rings. The summed E-state index contributed by atoms with van der Waals surface area (Å²) in [7, 11) is 1.51. The fourth-order valence-corrected chi connectivity index (χ4v) is 4.42. The second kappa shape index (κ2) is 6.40. The molecule has 0 radical (unpaired) electrons.